The molecular weight excluding hydrogens is 304 g/mol. The molecule has 2 atom stereocenters. The van der Waals surface area contributed by atoms with Crippen molar-refractivity contribution in [3.8, 4) is 0 Å². The minimum absolute atomic E-state index is 0.0399. The highest BCUT2D eigenvalue weighted by Crippen LogP contribution is 2.30. The van der Waals surface area contributed by atoms with Crippen LogP contribution in [-0.2, 0) is 9.59 Å². The number of pyridine rings is 2. The lowest BCUT2D eigenvalue weighted by Crippen LogP contribution is -2.33. The molecule has 0 radical (unpaired) electrons. The Kier molecular flexibility index (Phi) is 5.15. The largest absolute Gasteiger partial charge is 0.324 e. The fourth-order valence-electron chi connectivity index (χ4n) is 3.03. The van der Waals surface area contributed by atoms with Gasteiger partial charge in [0, 0.05) is 24.2 Å². The van der Waals surface area contributed by atoms with Crippen LogP contribution in [0.1, 0.15) is 25.7 Å². The van der Waals surface area contributed by atoms with E-state index in [4.69, 9.17) is 0 Å². The summed E-state index contributed by atoms with van der Waals surface area (Å²) < 4.78 is 0. The molecule has 3 rings (SSSR count). The van der Waals surface area contributed by atoms with E-state index in [1.54, 1.807) is 49.1 Å². The maximum Gasteiger partial charge on any atom is 0.227 e. The topological polar surface area (TPSA) is 84.0 Å². The molecule has 1 saturated carbocycles. The molecule has 2 heterocycles. The lowest BCUT2D eigenvalue weighted by molar-refractivity contribution is -0.124. The van der Waals surface area contributed by atoms with Crippen LogP contribution in [0, 0.1) is 11.8 Å². The molecule has 24 heavy (non-hydrogen) atoms. The minimum Gasteiger partial charge on any atom is -0.324 e. The molecule has 0 unspecified atom stereocenters. The zero-order valence-corrected chi connectivity index (χ0v) is 13.3. The van der Waals surface area contributed by atoms with Crippen LogP contribution < -0.4 is 10.6 Å². The van der Waals surface area contributed by atoms with Crippen molar-refractivity contribution >= 4 is 23.2 Å². The number of amides is 2. The normalized spacial score (nSPS) is 20.2. The Bertz CT molecular complexity index is 631. The first-order valence-electron chi connectivity index (χ1n) is 8.14. The number of carbonyl (C=O) groups is 2. The van der Waals surface area contributed by atoms with Crippen molar-refractivity contribution in [2.75, 3.05) is 10.6 Å². The molecule has 0 aliphatic heterocycles. The third-order valence-corrected chi connectivity index (χ3v) is 4.27. The summed E-state index contributed by atoms with van der Waals surface area (Å²) in [5, 5.41) is 5.76. The zero-order chi connectivity index (χ0) is 16.8. The number of hydrogen-bond donors (Lipinski definition) is 2. The molecule has 6 nitrogen and oxygen atoms in total. The number of anilines is 2. The Morgan fingerprint density at radius 2 is 1.38 bits per heavy atom. The summed E-state index contributed by atoms with van der Waals surface area (Å²) in [5.74, 6) is -0.379. The van der Waals surface area contributed by atoms with E-state index in [0.29, 0.717) is 17.8 Å². The third-order valence-electron chi connectivity index (χ3n) is 4.27. The van der Waals surface area contributed by atoms with Crippen molar-refractivity contribution in [3.63, 3.8) is 0 Å². The highest BCUT2D eigenvalue weighted by molar-refractivity contribution is 5.95. The van der Waals surface area contributed by atoms with Gasteiger partial charge in [0.1, 0.15) is 0 Å². The second-order valence-corrected chi connectivity index (χ2v) is 6.02. The minimum atomic E-state index is -0.149. The van der Waals surface area contributed by atoms with Gasteiger partial charge in [0.25, 0.3) is 0 Å². The average molecular weight is 324 g/mol. The van der Waals surface area contributed by atoms with E-state index in [0.717, 1.165) is 19.3 Å². The van der Waals surface area contributed by atoms with E-state index in [9.17, 15) is 9.59 Å². The summed E-state index contributed by atoms with van der Waals surface area (Å²) in [6, 6.07) is 7.17. The van der Waals surface area contributed by atoms with Gasteiger partial charge in [-0.3, -0.25) is 19.6 Å². The Balaban J connectivity index is 1.57. The van der Waals surface area contributed by atoms with Gasteiger partial charge in [0.05, 0.1) is 23.8 Å². The smallest absolute Gasteiger partial charge is 0.227 e. The summed E-state index contributed by atoms with van der Waals surface area (Å²) in [6.07, 6.45) is 9.62. The second kappa shape index (κ2) is 7.68. The number of aromatic nitrogens is 2. The number of hydrogen-bond acceptors (Lipinski definition) is 4. The zero-order valence-electron chi connectivity index (χ0n) is 13.3. The SMILES string of the molecule is O=C(Nc1cccnc1)[C@@H]1CCC[C@@H](C(=O)Nc2cccnc2)C1. The molecule has 2 aromatic heterocycles. The molecule has 0 saturated heterocycles. The van der Waals surface area contributed by atoms with Crippen LogP contribution >= 0.6 is 0 Å². The van der Waals surface area contributed by atoms with Crippen LogP contribution in [-0.4, -0.2) is 21.8 Å². The van der Waals surface area contributed by atoms with Crippen LogP contribution in [0.5, 0.6) is 0 Å². The third kappa shape index (κ3) is 4.16. The number of carbonyl (C=O) groups excluding carboxylic acids is 2. The molecule has 124 valence electrons. The molecule has 2 aromatic rings. The average Bonchev–Trinajstić information content (AvgIpc) is 2.63. The van der Waals surface area contributed by atoms with Crippen molar-refractivity contribution in [2.45, 2.75) is 25.7 Å². The molecule has 1 aliphatic rings. The first-order chi connectivity index (χ1) is 11.7. The van der Waals surface area contributed by atoms with Gasteiger partial charge < -0.3 is 10.6 Å². The van der Waals surface area contributed by atoms with Crippen molar-refractivity contribution < 1.29 is 9.59 Å². The van der Waals surface area contributed by atoms with Gasteiger partial charge in [0.2, 0.25) is 11.8 Å². The van der Waals surface area contributed by atoms with Gasteiger partial charge in [-0.1, -0.05) is 6.42 Å². The first kappa shape index (κ1) is 16.1. The summed E-state index contributed by atoms with van der Waals surface area (Å²) in [4.78, 5) is 32.8. The van der Waals surface area contributed by atoms with Gasteiger partial charge in [-0.15, -0.1) is 0 Å². The van der Waals surface area contributed by atoms with Gasteiger partial charge in [0.15, 0.2) is 0 Å². The predicted molar refractivity (Wildman–Crippen MR) is 91.2 cm³/mol. The van der Waals surface area contributed by atoms with E-state index in [1.165, 1.54) is 0 Å². The van der Waals surface area contributed by atoms with Crippen LogP contribution in [0.2, 0.25) is 0 Å². The van der Waals surface area contributed by atoms with E-state index < -0.39 is 0 Å². The molecule has 2 amide bonds. The van der Waals surface area contributed by atoms with E-state index in [2.05, 4.69) is 20.6 Å². The maximum absolute atomic E-state index is 12.4. The van der Waals surface area contributed by atoms with Crippen molar-refractivity contribution in [1.29, 1.82) is 0 Å². The Morgan fingerprint density at radius 1 is 0.875 bits per heavy atom. The lowest BCUT2D eigenvalue weighted by atomic mass is 9.80. The van der Waals surface area contributed by atoms with E-state index in [-0.39, 0.29) is 23.7 Å². The van der Waals surface area contributed by atoms with E-state index in [1.807, 2.05) is 0 Å². The Labute approximate surface area is 140 Å². The second-order valence-electron chi connectivity index (χ2n) is 6.02. The molecular formula is C18H20N4O2. The molecule has 1 aliphatic carbocycles. The summed E-state index contributed by atoms with van der Waals surface area (Å²) in [7, 11) is 0. The molecule has 1 fully saturated rings. The Hall–Kier alpha value is -2.76. The van der Waals surface area contributed by atoms with Gasteiger partial charge in [-0.25, -0.2) is 0 Å². The fourth-order valence-corrected chi connectivity index (χ4v) is 3.03. The number of rotatable bonds is 4. The lowest BCUT2D eigenvalue weighted by Gasteiger charge is -2.27. The molecule has 0 bridgehead atoms. The Morgan fingerprint density at radius 3 is 1.79 bits per heavy atom. The van der Waals surface area contributed by atoms with Crippen LogP contribution in [0.15, 0.2) is 49.1 Å². The molecule has 0 aromatic carbocycles. The molecule has 0 spiro atoms. The summed E-state index contributed by atoms with van der Waals surface area (Å²) in [6.45, 7) is 0. The van der Waals surface area contributed by atoms with Crippen LogP contribution in [0.3, 0.4) is 0 Å². The van der Waals surface area contributed by atoms with Crippen LogP contribution in [0.25, 0.3) is 0 Å². The van der Waals surface area contributed by atoms with Gasteiger partial charge in [-0.05, 0) is 43.5 Å². The quantitative estimate of drug-likeness (QED) is 0.906. The van der Waals surface area contributed by atoms with Crippen molar-refractivity contribution in [3.05, 3.63) is 49.1 Å². The number of nitrogens with zero attached hydrogens (tertiary/aromatic N) is 2. The van der Waals surface area contributed by atoms with Gasteiger partial charge >= 0.3 is 0 Å². The summed E-state index contributed by atoms with van der Waals surface area (Å²) >= 11 is 0. The van der Waals surface area contributed by atoms with Crippen molar-refractivity contribution in [2.24, 2.45) is 11.8 Å². The highest BCUT2D eigenvalue weighted by atomic mass is 16.2. The first-order valence-corrected chi connectivity index (χ1v) is 8.14. The monoisotopic (exact) mass is 324 g/mol. The standard InChI is InChI=1S/C18H20N4O2/c23-17(21-15-6-2-8-19-11-15)13-4-1-5-14(10-13)18(24)22-16-7-3-9-20-12-16/h2-3,6-9,11-14H,1,4-5,10H2,(H,21,23)(H,22,24)/t13-,14-/m1/s1. The van der Waals surface area contributed by atoms with E-state index >= 15 is 0 Å². The van der Waals surface area contributed by atoms with Crippen LogP contribution in [0.4, 0.5) is 11.4 Å². The highest BCUT2D eigenvalue weighted by Gasteiger charge is 2.31. The number of nitrogens with one attached hydrogen (secondary N) is 2. The summed E-state index contributed by atoms with van der Waals surface area (Å²) in [5.41, 5.74) is 1.37. The predicted octanol–water partition coefficient (Wildman–Crippen LogP) is 2.86. The molecule has 2 N–H and O–H groups in total. The maximum atomic E-state index is 12.4. The van der Waals surface area contributed by atoms with Gasteiger partial charge in [-0.2, -0.15) is 0 Å². The molecule has 6 heteroatoms. The van der Waals surface area contributed by atoms with Crippen molar-refractivity contribution in [1.82, 2.24) is 9.97 Å². The fraction of sp³-hybridized carbons (Fsp3) is 0.333.